The molecule has 0 radical (unpaired) electrons. The highest BCUT2D eigenvalue weighted by Crippen LogP contribution is 2.52. The lowest BCUT2D eigenvalue weighted by atomic mass is 9.78. The highest BCUT2D eigenvalue weighted by atomic mass is 32.1. The van der Waals surface area contributed by atoms with Crippen LogP contribution in [0.15, 0.2) is 29.6 Å². The second-order valence-corrected chi connectivity index (χ2v) is 8.19. The molecule has 2 saturated heterocycles. The van der Waals surface area contributed by atoms with Crippen molar-refractivity contribution in [3.8, 4) is 0 Å². The van der Waals surface area contributed by atoms with Crippen molar-refractivity contribution in [3.05, 3.63) is 40.9 Å². The number of nitrogens with one attached hydrogen (secondary N) is 1. The molecule has 0 unspecified atom stereocenters. The average molecular weight is 372 g/mol. The van der Waals surface area contributed by atoms with Crippen molar-refractivity contribution in [1.29, 1.82) is 0 Å². The third kappa shape index (κ3) is 2.67. The maximum absolute atomic E-state index is 12.5. The SMILES string of the molecule is Cc1ccc(Nc2nc([C@@]3(C)C[C@@]4(C[C@@H](C)OC4=O)C(=O)O3)cs2)cc1. The summed E-state index contributed by atoms with van der Waals surface area (Å²) in [6.07, 6.45) is 0.348. The largest absolute Gasteiger partial charge is 0.462 e. The van der Waals surface area contributed by atoms with Crippen LogP contribution in [0, 0.1) is 12.3 Å². The third-order valence-corrected chi connectivity index (χ3v) is 5.79. The summed E-state index contributed by atoms with van der Waals surface area (Å²) in [4.78, 5) is 29.4. The van der Waals surface area contributed by atoms with Crippen molar-refractivity contribution in [1.82, 2.24) is 4.98 Å². The molecule has 4 rings (SSSR count). The van der Waals surface area contributed by atoms with Gasteiger partial charge in [0.2, 0.25) is 0 Å². The molecule has 7 heteroatoms. The number of hydrogen-bond donors (Lipinski definition) is 1. The van der Waals surface area contributed by atoms with Crippen LogP contribution in [0.1, 0.15) is 37.9 Å². The molecule has 3 atom stereocenters. The van der Waals surface area contributed by atoms with Crippen LogP contribution in [-0.4, -0.2) is 23.0 Å². The minimum absolute atomic E-state index is 0.260. The molecule has 2 aliphatic rings. The molecule has 0 bridgehead atoms. The topological polar surface area (TPSA) is 77.5 Å². The number of aryl methyl sites for hydroxylation is 1. The lowest BCUT2D eigenvalue weighted by molar-refractivity contribution is -0.160. The van der Waals surface area contributed by atoms with Crippen molar-refractivity contribution >= 4 is 34.1 Å². The Labute approximate surface area is 155 Å². The number of hydrogen-bond acceptors (Lipinski definition) is 7. The number of thiazole rings is 1. The Hall–Kier alpha value is -2.41. The fraction of sp³-hybridized carbons (Fsp3) is 0.421. The van der Waals surface area contributed by atoms with Crippen LogP contribution in [0.5, 0.6) is 0 Å². The summed E-state index contributed by atoms with van der Waals surface area (Å²) < 4.78 is 10.9. The quantitative estimate of drug-likeness (QED) is 0.654. The van der Waals surface area contributed by atoms with Crippen LogP contribution in [-0.2, 0) is 24.7 Å². The number of ether oxygens (including phenoxy) is 2. The van der Waals surface area contributed by atoms with Gasteiger partial charge in [-0.25, -0.2) is 4.98 Å². The number of aromatic nitrogens is 1. The second-order valence-electron chi connectivity index (χ2n) is 7.33. The first-order valence-electron chi connectivity index (χ1n) is 8.55. The second kappa shape index (κ2) is 5.81. The molecule has 2 aliphatic heterocycles. The summed E-state index contributed by atoms with van der Waals surface area (Å²) in [5.41, 5.74) is 0.653. The summed E-state index contributed by atoms with van der Waals surface area (Å²) in [6.45, 7) is 5.63. The number of carbonyl (C=O) groups excluding carboxylic acids is 2. The van der Waals surface area contributed by atoms with Gasteiger partial charge in [0.25, 0.3) is 0 Å². The normalized spacial score (nSPS) is 30.5. The van der Waals surface area contributed by atoms with E-state index < -0.39 is 23.0 Å². The van der Waals surface area contributed by atoms with E-state index in [0.717, 1.165) is 5.69 Å². The number of rotatable bonds is 3. The van der Waals surface area contributed by atoms with Gasteiger partial charge in [-0.05, 0) is 32.9 Å². The zero-order valence-corrected chi connectivity index (χ0v) is 15.7. The molecule has 6 nitrogen and oxygen atoms in total. The fourth-order valence-electron chi connectivity index (χ4n) is 3.69. The monoisotopic (exact) mass is 372 g/mol. The first-order valence-corrected chi connectivity index (χ1v) is 9.43. The zero-order valence-electron chi connectivity index (χ0n) is 14.9. The first kappa shape index (κ1) is 17.0. The summed E-state index contributed by atoms with van der Waals surface area (Å²) in [6, 6.07) is 8.01. The summed E-state index contributed by atoms with van der Waals surface area (Å²) >= 11 is 1.44. The lowest BCUT2D eigenvalue weighted by Gasteiger charge is -2.20. The molecule has 0 aliphatic carbocycles. The minimum Gasteiger partial charge on any atom is -0.462 e. The number of benzene rings is 1. The number of carbonyl (C=O) groups is 2. The molecule has 2 fully saturated rings. The Balaban J connectivity index is 1.56. The van der Waals surface area contributed by atoms with E-state index in [2.05, 4.69) is 10.3 Å². The molecule has 0 amide bonds. The summed E-state index contributed by atoms with van der Waals surface area (Å²) in [7, 11) is 0. The zero-order chi connectivity index (χ0) is 18.5. The third-order valence-electron chi connectivity index (χ3n) is 5.03. The Morgan fingerprint density at radius 3 is 2.62 bits per heavy atom. The molecule has 2 aromatic rings. The standard InChI is InChI=1S/C19H20N2O4S/c1-11-4-6-13(7-5-11)20-17-21-14(9-26-17)18(3)10-19(16(23)25-18)8-12(2)24-15(19)22/h4-7,9,12H,8,10H2,1-3H3,(H,20,21)/t12-,18-,19-/m1/s1. The van der Waals surface area contributed by atoms with Crippen molar-refractivity contribution in [2.45, 2.75) is 45.3 Å². The van der Waals surface area contributed by atoms with E-state index >= 15 is 0 Å². The highest BCUT2D eigenvalue weighted by Gasteiger charge is 2.65. The smallest absolute Gasteiger partial charge is 0.324 e. The van der Waals surface area contributed by atoms with Gasteiger partial charge in [-0.1, -0.05) is 17.7 Å². The van der Waals surface area contributed by atoms with E-state index in [1.807, 2.05) is 36.6 Å². The van der Waals surface area contributed by atoms with E-state index in [-0.39, 0.29) is 12.5 Å². The molecule has 1 aromatic heterocycles. The number of esters is 2. The maximum atomic E-state index is 12.5. The minimum atomic E-state index is -1.19. The van der Waals surface area contributed by atoms with Gasteiger partial charge in [0.05, 0.1) is 5.69 Å². The van der Waals surface area contributed by atoms with Gasteiger partial charge in [0.1, 0.15) is 6.10 Å². The van der Waals surface area contributed by atoms with E-state index in [4.69, 9.17) is 9.47 Å². The molecular weight excluding hydrogens is 352 g/mol. The van der Waals surface area contributed by atoms with Crippen molar-refractivity contribution in [2.24, 2.45) is 5.41 Å². The molecule has 1 spiro atoms. The molecule has 1 N–H and O–H groups in total. The van der Waals surface area contributed by atoms with Crippen LogP contribution in [0.3, 0.4) is 0 Å². The van der Waals surface area contributed by atoms with E-state index in [9.17, 15) is 9.59 Å². The molecule has 1 aromatic carbocycles. The predicted octanol–water partition coefficient (Wildman–Crippen LogP) is 3.68. The number of cyclic esters (lactones) is 2. The number of anilines is 2. The fourth-order valence-corrected chi connectivity index (χ4v) is 4.54. The van der Waals surface area contributed by atoms with E-state index in [1.165, 1.54) is 16.9 Å². The van der Waals surface area contributed by atoms with Crippen LogP contribution < -0.4 is 5.32 Å². The van der Waals surface area contributed by atoms with Gasteiger partial charge in [0.15, 0.2) is 16.1 Å². The molecule has 136 valence electrons. The molecule has 26 heavy (non-hydrogen) atoms. The Bertz CT molecular complexity index is 878. The average Bonchev–Trinajstić information content (AvgIpc) is 3.22. The van der Waals surface area contributed by atoms with Gasteiger partial charge in [-0.15, -0.1) is 11.3 Å². The Morgan fingerprint density at radius 2 is 1.96 bits per heavy atom. The van der Waals surface area contributed by atoms with Gasteiger partial charge >= 0.3 is 11.9 Å². The van der Waals surface area contributed by atoms with Gasteiger partial charge in [0, 0.05) is 23.9 Å². The Morgan fingerprint density at radius 1 is 1.23 bits per heavy atom. The van der Waals surface area contributed by atoms with E-state index in [1.54, 1.807) is 13.8 Å². The Kier molecular flexibility index (Phi) is 3.80. The highest BCUT2D eigenvalue weighted by molar-refractivity contribution is 7.13. The number of nitrogens with zero attached hydrogens (tertiary/aromatic N) is 1. The molecule has 0 saturated carbocycles. The summed E-state index contributed by atoms with van der Waals surface area (Å²) in [5.74, 6) is -0.984. The first-order chi connectivity index (χ1) is 12.3. The van der Waals surface area contributed by atoms with Crippen LogP contribution in [0.4, 0.5) is 10.8 Å². The maximum Gasteiger partial charge on any atom is 0.324 e. The van der Waals surface area contributed by atoms with Gasteiger partial charge in [-0.3, -0.25) is 9.59 Å². The van der Waals surface area contributed by atoms with Gasteiger partial charge in [-0.2, -0.15) is 0 Å². The van der Waals surface area contributed by atoms with Crippen LogP contribution in [0.25, 0.3) is 0 Å². The summed E-state index contributed by atoms with van der Waals surface area (Å²) in [5, 5.41) is 5.84. The van der Waals surface area contributed by atoms with Crippen LogP contribution >= 0.6 is 11.3 Å². The van der Waals surface area contributed by atoms with Crippen molar-refractivity contribution in [3.63, 3.8) is 0 Å². The van der Waals surface area contributed by atoms with Gasteiger partial charge < -0.3 is 14.8 Å². The van der Waals surface area contributed by atoms with Crippen molar-refractivity contribution in [2.75, 3.05) is 5.32 Å². The van der Waals surface area contributed by atoms with Crippen molar-refractivity contribution < 1.29 is 19.1 Å². The van der Waals surface area contributed by atoms with E-state index in [0.29, 0.717) is 17.2 Å². The molecule has 3 heterocycles. The van der Waals surface area contributed by atoms with Crippen LogP contribution in [0.2, 0.25) is 0 Å². The molecular formula is C19H20N2O4S. The lowest BCUT2D eigenvalue weighted by Crippen LogP contribution is -2.31. The predicted molar refractivity (Wildman–Crippen MR) is 97.2 cm³/mol.